The first kappa shape index (κ1) is 34.1. The SMILES string of the molecule is CCCN1CCC(O)(c2ccc(C#N)c(OC(F)F)c2)CC1.CCN1CCC(O)(c2ccc(C#N)c(OC(F)F)c2)CC1. The summed E-state index contributed by atoms with van der Waals surface area (Å²) in [5.41, 5.74) is -0.992. The van der Waals surface area contributed by atoms with Crippen molar-refractivity contribution in [3.05, 3.63) is 58.7 Å². The number of nitriles is 2. The molecule has 0 saturated carbocycles. The summed E-state index contributed by atoms with van der Waals surface area (Å²) in [6.07, 6.45) is 3.18. The number of likely N-dealkylation sites (tertiary alicyclic amines) is 2. The van der Waals surface area contributed by atoms with Crippen LogP contribution >= 0.6 is 0 Å². The summed E-state index contributed by atoms with van der Waals surface area (Å²) >= 11 is 0. The minimum atomic E-state index is -3.00. The fraction of sp³-hybridized carbons (Fsp3) is 0.548. The number of piperidine rings is 2. The van der Waals surface area contributed by atoms with Crippen LogP contribution in [-0.4, -0.2) is 72.5 Å². The van der Waals surface area contributed by atoms with Crippen LogP contribution < -0.4 is 9.47 Å². The van der Waals surface area contributed by atoms with Gasteiger partial charge < -0.3 is 29.5 Å². The predicted molar refractivity (Wildman–Crippen MR) is 151 cm³/mol. The van der Waals surface area contributed by atoms with Crippen LogP contribution in [0.4, 0.5) is 17.6 Å². The van der Waals surface area contributed by atoms with E-state index in [1.807, 2.05) is 12.1 Å². The molecule has 2 aromatic carbocycles. The Balaban J connectivity index is 0.000000236. The van der Waals surface area contributed by atoms with Gasteiger partial charge in [0.25, 0.3) is 0 Å². The average Bonchev–Trinajstić information content (AvgIpc) is 2.98. The smallest absolute Gasteiger partial charge is 0.387 e. The molecular formula is C31H38F4N4O4. The van der Waals surface area contributed by atoms with Gasteiger partial charge in [0.2, 0.25) is 0 Å². The molecule has 2 N–H and O–H groups in total. The molecule has 8 nitrogen and oxygen atoms in total. The number of nitrogens with zero attached hydrogens (tertiary/aromatic N) is 4. The second-order valence-corrected chi connectivity index (χ2v) is 10.7. The molecule has 2 aliphatic heterocycles. The van der Waals surface area contributed by atoms with Crippen LogP contribution in [-0.2, 0) is 11.2 Å². The number of aliphatic hydroxyl groups is 2. The zero-order valence-electron chi connectivity index (χ0n) is 24.4. The van der Waals surface area contributed by atoms with E-state index in [1.165, 1.54) is 24.3 Å². The molecule has 0 radical (unpaired) electrons. The van der Waals surface area contributed by atoms with Gasteiger partial charge in [-0.1, -0.05) is 26.0 Å². The summed E-state index contributed by atoms with van der Waals surface area (Å²) in [6, 6.07) is 12.4. The highest BCUT2D eigenvalue weighted by atomic mass is 19.3. The normalized spacial score (nSPS) is 18.3. The quantitative estimate of drug-likeness (QED) is 0.369. The fourth-order valence-electron chi connectivity index (χ4n) is 5.47. The Morgan fingerprint density at radius 3 is 1.47 bits per heavy atom. The van der Waals surface area contributed by atoms with Gasteiger partial charge in [-0.25, -0.2) is 0 Å². The first-order chi connectivity index (χ1) is 20.5. The molecule has 43 heavy (non-hydrogen) atoms. The maximum Gasteiger partial charge on any atom is 0.387 e. The van der Waals surface area contributed by atoms with E-state index < -0.39 is 24.4 Å². The van der Waals surface area contributed by atoms with Gasteiger partial charge in [-0.3, -0.25) is 0 Å². The third kappa shape index (κ3) is 9.04. The lowest BCUT2D eigenvalue weighted by atomic mass is 9.84. The van der Waals surface area contributed by atoms with Crippen molar-refractivity contribution in [2.75, 3.05) is 39.3 Å². The summed E-state index contributed by atoms with van der Waals surface area (Å²) < 4.78 is 58.5. The van der Waals surface area contributed by atoms with E-state index >= 15 is 0 Å². The molecule has 12 heteroatoms. The monoisotopic (exact) mass is 606 g/mol. The number of rotatable bonds is 9. The van der Waals surface area contributed by atoms with Gasteiger partial charge in [0.05, 0.1) is 22.3 Å². The molecule has 4 rings (SSSR count). The maximum absolute atomic E-state index is 12.4. The van der Waals surface area contributed by atoms with Gasteiger partial charge in [-0.2, -0.15) is 28.1 Å². The number of ether oxygens (including phenoxy) is 2. The number of halogens is 4. The lowest BCUT2D eigenvalue weighted by Gasteiger charge is -2.38. The zero-order valence-corrected chi connectivity index (χ0v) is 24.4. The molecule has 2 aliphatic rings. The lowest BCUT2D eigenvalue weighted by molar-refractivity contribution is -0.0518. The van der Waals surface area contributed by atoms with Gasteiger partial charge in [0.1, 0.15) is 23.6 Å². The Hall–Kier alpha value is -3.42. The number of hydrogen-bond donors (Lipinski definition) is 2. The van der Waals surface area contributed by atoms with Crippen molar-refractivity contribution in [2.45, 2.75) is 70.4 Å². The Labute approximate surface area is 249 Å². The van der Waals surface area contributed by atoms with Gasteiger partial charge in [0, 0.05) is 26.2 Å². The highest BCUT2D eigenvalue weighted by molar-refractivity contribution is 5.47. The van der Waals surface area contributed by atoms with E-state index in [9.17, 15) is 27.8 Å². The van der Waals surface area contributed by atoms with E-state index in [-0.39, 0.29) is 22.6 Å². The van der Waals surface area contributed by atoms with Crippen LogP contribution in [0.25, 0.3) is 0 Å². The number of benzene rings is 2. The highest BCUT2D eigenvalue weighted by Gasteiger charge is 2.35. The standard InChI is InChI=1S/C16H20F2N2O2.C15H18F2N2O2/c1-2-7-20-8-5-16(21,6-9-20)13-4-3-12(11-19)14(10-13)22-15(17)18;1-2-19-7-5-15(20,6-8-19)12-4-3-11(10-18)13(9-12)21-14(16)17/h3-4,10,15,21H,2,5-9H2,1H3;3-4,9,14,20H,2,5-8H2,1H3. The van der Waals surface area contributed by atoms with Crippen molar-refractivity contribution in [3.63, 3.8) is 0 Å². The molecule has 2 heterocycles. The van der Waals surface area contributed by atoms with Crippen molar-refractivity contribution in [1.29, 1.82) is 10.5 Å². The molecule has 2 fully saturated rings. The van der Waals surface area contributed by atoms with Gasteiger partial charge in [-0.05, 0) is 80.6 Å². The molecule has 0 amide bonds. The second-order valence-electron chi connectivity index (χ2n) is 10.7. The fourth-order valence-corrected chi connectivity index (χ4v) is 5.47. The number of hydrogen-bond acceptors (Lipinski definition) is 8. The zero-order chi connectivity index (χ0) is 31.6. The van der Waals surface area contributed by atoms with Crippen LogP contribution in [0.2, 0.25) is 0 Å². The Morgan fingerprint density at radius 2 is 1.14 bits per heavy atom. The van der Waals surface area contributed by atoms with Crippen molar-refractivity contribution in [1.82, 2.24) is 9.80 Å². The average molecular weight is 607 g/mol. The minimum absolute atomic E-state index is 0.0358. The van der Waals surface area contributed by atoms with Crippen molar-refractivity contribution >= 4 is 0 Å². The molecule has 2 saturated heterocycles. The molecule has 0 aliphatic carbocycles. The van der Waals surface area contributed by atoms with Gasteiger partial charge in [-0.15, -0.1) is 0 Å². The molecule has 0 spiro atoms. The molecule has 0 bridgehead atoms. The molecular weight excluding hydrogens is 568 g/mol. The third-order valence-electron chi connectivity index (χ3n) is 8.06. The minimum Gasteiger partial charge on any atom is -0.433 e. The van der Waals surface area contributed by atoms with Crippen molar-refractivity contribution in [2.24, 2.45) is 0 Å². The highest BCUT2D eigenvalue weighted by Crippen LogP contribution is 2.37. The summed E-state index contributed by atoms with van der Waals surface area (Å²) in [6.45, 7) is 3.09. The van der Waals surface area contributed by atoms with E-state index in [2.05, 4.69) is 33.1 Å². The van der Waals surface area contributed by atoms with Crippen LogP contribution in [0.5, 0.6) is 11.5 Å². The summed E-state index contributed by atoms with van der Waals surface area (Å²) in [5.74, 6) is -0.365. The molecule has 0 unspecified atom stereocenters. The topological polar surface area (TPSA) is 113 Å². The van der Waals surface area contributed by atoms with Gasteiger partial charge >= 0.3 is 13.2 Å². The molecule has 0 aromatic heterocycles. The number of alkyl halides is 4. The first-order valence-corrected chi connectivity index (χ1v) is 14.3. The lowest BCUT2D eigenvalue weighted by Crippen LogP contribution is -2.42. The summed E-state index contributed by atoms with van der Waals surface area (Å²) in [7, 11) is 0. The largest absolute Gasteiger partial charge is 0.433 e. The van der Waals surface area contributed by atoms with Crippen molar-refractivity contribution in [3.8, 4) is 23.6 Å². The maximum atomic E-state index is 12.4. The Kier molecular flexibility index (Phi) is 12.2. The van der Waals surface area contributed by atoms with Crippen molar-refractivity contribution < 1.29 is 37.2 Å². The van der Waals surface area contributed by atoms with E-state index in [1.54, 1.807) is 12.1 Å². The Morgan fingerprint density at radius 1 is 0.744 bits per heavy atom. The van der Waals surface area contributed by atoms with Crippen LogP contribution in [0.15, 0.2) is 36.4 Å². The van der Waals surface area contributed by atoms with E-state index in [0.717, 1.165) is 45.7 Å². The van der Waals surface area contributed by atoms with Crippen LogP contribution in [0, 0.1) is 22.7 Å². The predicted octanol–water partition coefficient (Wildman–Crippen LogP) is 5.32. The molecule has 234 valence electrons. The first-order valence-electron chi connectivity index (χ1n) is 14.3. The van der Waals surface area contributed by atoms with Gasteiger partial charge in [0.15, 0.2) is 0 Å². The van der Waals surface area contributed by atoms with E-state index in [4.69, 9.17) is 10.5 Å². The van der Waals surface area contributed by atoms with Crippen LogP contribution in [0.3, 0.4) is 0 Å². The molecule has 0 atom stereocenters. The Bertz CT molecular complexity index is 1280. The second kappa shape index (κ2) is 15.3. The molecule has 2 aromatic rings. The van der Waals surface area contributed by atoms with Crippen LogP contribution in [0.1, 0.15) is 68.2 Å². The van der Waals surface area contributed by atoms with E-state index in [0.29, 0.717) is 36.8 Å². The summed E-state index contributed by atoms with van der Waals surface area (Å²) in [5, 5.41) is 39.4. The summed E-state index contributed by atoms with van der Waals surface area (Å²) in [4.78, 5) is 4.49. The third-order valence-corrected chi connectivity index (χ3v) is 8.06.